The van der Waals surface area contributed by atoms with E-state index in [-0.39, 0.29) is 11.4 Å². The standard InChI is InChI=1S/C13H15Br2NO/c1-13(6-2-3-7-13)16-12(17)10-5-4-9(14)8-11(10)15/h4-5,8H,2-3,6-7H2,1H3,(H,16,17). The number of hydrogen-bond donors (Lipinski definition) is 1. The van der Waals surface area contributed by atoms with Crippen LogP contribution in [0, 0.1) is 0 Å². The third-order valence-electron chi connectivity index (χ3n) is 3.30. The summed E-state index contributed by atoms with van der Waals surface area (Å²) < 4.78 is 1.79. The van der Waals surface area contributed by atoms with Gasteiger partial charge in [0.1, 0.15) is 0 Å². The van der Waals surface area contributed by atoms with Crippen LogP contribution in [0.4, 0.5) is 0 Å². The van der Waals surface area contributed by atoms with Crippen LogP contribution in [-0.2, 0) is 0 Å². The van der Waals surface area contributed by atoms with Crippen LogP contribution in [0.5, 0.6) is 0 Å². The second kappa shape index (κ2) is 5.11. The molecule has 0 saturated heterocycles. The molecule has 0 aliphatic heterocycles. The molecular weight excluding hydrogens is 346 g/mol. The Morgan fingerprint density at radius 1 is 1.29 bits per heavy atom. The van der Waals surface area contributed by atoms with Crippen molar-refractivity contribution in [1.82, 2.24) is 5.32 Å². The van der Waals surface area contributed by atoms with Crippen molar-refractivity contribution in [3.63, 3.8) is 0 Å². The van der Waals surface area contributed by atoms with Crippen molar-refractivity contribution in [2.75, 3.05) is 0 Å². The summed E-state index contributed by atoms with van der Waals surface area (Å²) in [5.41, 5.74) is 0.671. The van der Waals surface area contributed by atoms with Gasteiger partial charge >= 0.3 is 0 Å². The molecule has 2 nitrogen and oxygen atoms in total. The summed E-state index contributed by atoms with van der Waals surface area (Å²) in [6, 6.07) is 5.62. The van der Waals surface area contributed by atoms with E-state index < -0.39 is 0 Å². The van der Waals surface area contributed by atoms with Crippen LogP contribution < -0.4 is 5.32 Å². The average molecular weight is 361 g/mol. The maximum Gasteiger partial charge on any atom is 0.252 e. The first-order valence-electron chi connectivity index (χ1n) is 5.78. The second-order valence-electron chi connectivity index (χ2n) is 4.85. The van der Waals surface area contributed by atoms with Gasteiger partial charge in [0.05, 0.1) is 5.56 Å². The molecule has 92 valence electrons. The summed E-state index contributed by atoms with van der Waals surface area (Å²) in [7, 11) is 0. The zero-order valence-electron chi connectivity index (χ0n) is 9.72. The van der Waals surface area contributed by atoms with Gasteiger partial charge in [0.25, 0.3) is 5.91 Å². The smallest absolute Gasteiger partial charge is 0.252 e. The Morgan fingerprint density at radius 2 is 1.94 bits per heavy atom. The molecule has 0 atom stereocenters. The maximum atomic E-state index is 12.2. The SMILES string of the molecule is CC1(NC(=O)c2ccc(Br)cc2Br)CCCC1. The van der Waals surface area contributed by atoms with Crippen molar-refractivity contribution in [3.8, 4) is 0 Å². The van der Waals surface area contributed by atoms with Gasteiger partial charge < -0.3 is 5.32 Å². The molecule has 1 saturated carbocycles. The highest BCUT2D eigenvalue weighted by molar-refractivity contribution is 9.11. The van der Waals surface area contributed by atoms with Crippen molar-refractivity contribution in [3.05, 3.63) is 32.7 Å². The molecule has 0 unspecified atom stereocenters. The summed E-state index contributed by atoms with van der Waals surface area (Å²) in [4.78, 5) is 12.2. The Labute approximate surface area is 118 Å². The van der Waals surface area contributed by atoms with Gasteiger partial charge in [-0.05, 0) is 53.9 Å². The maximum absolute atomic E-state index is 12.2. The lowest BCUT2D eigenvalue weighted by molar-refractivity contribution is 0.0907. The molecule has 1 aliphatic rings. The average Bonchev–Trinajstić information content (AvgIpc) is 2.64. The van der Waals surface area contributed by atoms with Crippen molar-refractivity contribution >= 4 is 37.8 Å². The highest BCUT2D eigenvalue weighted by Crippen LogP contribution is 2.30. The number of halogens is 2. The van der Waals surface area contributed by atoms with E-state index in [1.54, 1.807) is 0 Å². The molecule has 0 bridgehead atoms. The van der Waals surface area contributed by atoms with E-state index in [9.17, 15) is 4.79 Å². The number of amides is 1. The van der Waals surface area contributed by atoms with Crippen LogP contribution in [0.2, 0.25) is 0 Å². The van der Waals surface area contributed by atoms with Gasteiger partial charge in [-0.1, -0.05) is 28.8 Å². The van der Waals surface area contributed by atoms with Crippen molar-refractivity contribution in [1.29, 1.82) is 0 Å². The number of carbonyl (C=O) groups excluding carboxylic acids is 1. The van der Waals surface area contributed by atoms with Crippen molar-refractivity contribution < 1.29 is 4.79 Å². The Hall–Kier alpha value is -0.350. The lowest BCUT2D eigenvalue weighted by Crippen LogP contribution is -2.43. The predicted octanol–water partition coefficient (Wildman–Crippen LogP) is 4.27. The summed E-state index contributed by atoms with van der Waals surface area (Å²) in [6.45, 7) is 2.13. The minimum atomic E-state index is -0.0242. The molecule has 4 heteroatoms. The van der Waals surface area contributed by atoms with Crippen LogP contribution in [0.3, 0.4) is 0 Å². The topological polar surface area (TPSA) is 29.1 Å². The molecule has 1 fully saturated rings. The van der Waals surface area contributed by atoms with E-state index in [2.05, 4.69) is 44.1 Å². The zero-order valence-corrected chi connectivity index (χ0v) is 12.9. The third kappa shape index (κ3) is 3.10. The monoisotopic (exact) mass is 359 g/mol. The van der Waals surface area contributed by atoms with Gasteiger partial charge in [0, 0.05) is 14.5 Å². The third-order valence-corrected chi connectivity index (χ3v) is 4.45. The summed E-state index contributed by atoms with van der Waals surface area (Å²) in [5.74, 6) is 0.00813. The lowest BCUT2D eigenvalue weighted by atomic mass is 10.00. The van der Waals surface area contributed by atoms with Crippen molar-refractivity contribution in [2.45, 2.75) is 38.1 Å². The van der Waals surface area contributed by atoms with Crippen molar-refractivity contribution in [2.24, 2.45) is 0 Å². The van der Waals surface area contributed by atoms with E-state index in [1.165, 1.54) is 12.8 Å². The Kier molecular flexibility index (Phi) is 3.93. The molecule has 0 heterocycles. The van der Waals surface area contributed by atoms with E-state index in [4.69, 9.17) is 0 Å². The van der Waals surface area contributed by atoms with E-state index in [1.807, 2.05) is 18.2 Å². The quantitative estimate of drug-likeness (QED) is 0.838. The molecule has 1 aromatic rings. The number of benzene rings is 1. The second-order valence-corrected chi connectivity index (χ2v) is 6.62. The minimum absolute atomic E-state index is 0.00813. The van der Waals surface area contributed by atoms with E-state index in [0.717, 1.165) is 21.8 Å². The normalized spacial score (nSPS) is 18.1. The fraction of sp³-hybridized carbons (Fsp3) is 0.462. The summed E-state index contributed by atoms with van der Waals surface area (Å²) in [6.07, 6.45) is 4.57. The predicted molar refractivity (Wildman–Crippen MR) is 76.2 cm³/mol. The molecular formula is C13H15Br2NO. The van der Waals surface area contributed by atoms with Gasteiger partial charge in [0.2, 0.25) is 0 Å². The Bertz CT molecular complexity index is 439. The molecule has 1 aliphatic carbocycles. The molecule has 17 heavy (non-hydrogen) atoms. The Morgan fingerprint density at radius 3 is 2.53 bits per heavy atom. The van der Waals surface area contributed by atoms with Gasteiger partial charge in [-0.2, -0.15) is 0 Å². The van der Waals surface area contributed by atoms with Gasteiger partial charge in [-0.25, -0.2) is 0 Å². The van der Waals surface area contributed by atoms with Crippen LogP contribution in [0.1, 0.15) is 43.0 Å². The summed E-state index contributed by atoms with van der Waals surface area (Å²) in [5, 5.41) is 3.15. The summed E-state index contributed by atoms with van der Waals surface area (Å²) >= 11 is 6.81. The largest absolute Gasteiger partial charge is 0.347 e. The highest BCUT2D eigenvalue weighted by Gasteiger charge is 2.30. The number of rotatable bonds is 2. The fourth-order valence-corrected chi connectivity index (χ4v) is 3.52. The minimum Gasteiger partial charge on any atom is -0.347 e. The van der Waals surface area contributed by atoms with Crippen LogP contribution >= 0.6 is 31.9 Å². The molecule has 1 amide bonds. The van der Waals surface area contributed by atoms with E-state index in [0.29, 0.717) is 5.56 Å². The number of nitrogens with one attached hydrogen (secondary N) is 1. The molecule has 0 aromatic heterocycles. The van der Waals surface area contributed by atoms with Gasteiger partial charge in [0.15, 0.2) is 0 Å². The Balaban J connectivity index is 2.14. The molecule has 2 rings (SSSR count). The molecule has 1 aromatic carbocycles. The zero-order chi connectivity index (χ0) is 12.5. The first kappa shape index (κ1) is 13.1. The van der Waals surface area contributed by atoms with E-state index >= 15 is 0 Å². The molecule has 0 spiro atoms. The first-order valence-corrected chi connectivity index (χ1v) is 7.36. The number of carbonyl (C=O) groups is 1. The molecule has 1 N–H and O–H groups in total. The van der Waals surface area contributed by atoms with Gasteiger partial charge in [-0.3, -0.25) is 4.79 Å². The van der Waals surface area contributed by atoms with Crippen LogP contribution in [0.15, 0.2) is 27.1 Å². The number of hydrogen-bond acceptors (Lipinski definition) is 1. The highest BCUT2D eigenvalue weighted by atomic mass is 79.9. The fourth-order valence-electron chi connectivity index (χ4n) is 2.30. The first-order chi connectivity index (χ1) is 8.00. The lowest BCUT2D eigenvalue weighted by Gasteiger charge is -2.25. The van der Waals surface area contributed by atoms with Crippen LogP contribution in [0.25, 0.3) is 0 Å². The van der Waals surface area contributed by atoms with Gasteiger partial charge in [-0.15, -0.1) is 0 Å². The molecule has 0 radical (unpaired) electrons. The van der Waals surface area contributed by atoms with Crippen LogP contribution in [-0.4, -0.2) is 11.4 Å².